The van der Waals surface area contributed by atoms with Gasteiger partial charge in [-0.2, -0.15) is 4.98 Å². The van der Waals surface area contributed by atoms with E-state index in [0.29, 0.717) is 24.7 Å². The normalized spacial score (nSPS) is 11.2. The molecular formula is C17H20FN5O3. The first-order valence-electron chi connectivity index (χ1n) is 8.07. The fraction of sp³-hybridized carbons (Fsp3) is 0.353. The number of hydrogen-bond donors (Lipinski definition) is 1. The lowest BCUT2D eigenvalue weighted by molar-refractivity contribution is 0.210. The summed E-state index contributed by atoms with van der Waals surface area (Å²) >= 11 is 0. The topological polar surface area (TPSA) is 83.1 Å². The lowest BCUT2D eigenvalue weighted by Gasteiger charge is -2.11. The third-order valence-corrected chi connectivity index (χ3v) is 4.17. The van der Waals surface area contributed by atoms with Crippen LogP contribution in [0.1, 0.15) is 5.56 Å². The van der Waals surface area contributed by atoms with Gasteiger partial charge in [-0.25, -0.2) is 9.18 Å². The average Bonchev–Trinajstić information content (AvgIpc) is 2.97. The number of imidazole rings is 1. The second kappa shape index (κ2) is 7.12. The Morgan fingerprint density at radius 1 is 1.23 bits per heavy atom. The van der Waals surface area contributed by atoms with Crippen LogP contribution < -0.4 is 16.6 Å². The van der Waals surface area contributed by atoms with Gasteiger partial charge in [0.2, 0.25) is 5.95 Å². The zero-order valence-corrected chi connectivity index (χ0v) is 14.8. The molecule has 0 fully saturated rings. The summed E-state index contributed by atoms with van der Waals surface area (Å²) in [7, 11) is 4.56. The molecular weight excluding hydrogens is 341 g/mol. The maximum absolute atomic E-state index is 13.6. The van der Waals surface area contributed by atoms with E-state index in [-0.39, 0.29) is 23.5 Å². The van der Waals surface area contributed by atoms with Crippen molar-refractivity contribution in [1.82, 2.24) is 18.7 Å². The molecule has 2 heterocycles. The van der Waals surface area contributed by atoms with Crippen LogP contribution in [0.5, 0.6) is 0 Å². The highest BCUT2D eigenvalue weighted by atomic mass is 19.1. The van der Waals surface area contributed by atoms with Gasteiger partial charge in [0, 0.05) is 27.7 Å². The molecule has 0 atom stereocenters. The van der Waals surface area contributed by atoms with E-state index in [2.05, 4.69) is 10.3 Å². The number of methoxy groups -OCH3 is 1. The third kappa shape index (κ3) is 3.13. The van der Waals surface area contributed by atoms with E-state index < -0.39 is 11.2 Å². The Kier molecular flexibility index (Phi) is 4.90. The number of nitrogens with zero attached hydrogens (tertiary/aromatic N) is 4. The number of ether oxygens (including phenoxy) is 1. The van der Waals surface area contributed by atoms with E-state index in [4.69, 9.17) is 4.74 Å². The van der Waals surface area contributed by atoms with Crippen LogP contribution in [-0.4, -0.2) is 38.9 Å². The largest absolute Gasteiger partial charge is 0.383 e. The van der Waals surface area contributed by atoms with Gasteiger partial charge in [0.15, 0.2) is 11.2 Å². The van der Waals surface area contributed by atoms with E-state index in [1.807, 2.05) is 0 Å². The van der Waals surface area contributed by atoms with E-state index in [1.54, 1.807) is 30.9 Å². The van der Waals surface area contributed by atoms with Crippen molar-refractivity contribution in [3.63, 3.8) is 0 Å². The minimum atomic E-state index is -0.457. The molecule has 0 aliphatic rings. The Balaban J connectivity index is 2.21. The van der Waals surface area contributed by atoms with Crippen LogP contribution in [-0.2, 0) is 25.4 Å². The molecule has 9 heteroatoms. The smallest absolute Gasteiger partial charge is 0.332 e. The van der Waals surface area contributed by atoms with Gasteiger partial charge in [0.05, 0.1) is 13.2 Å². The molecule has 138 valence electrons. The molecule has 3 rings (SSSR count). The van der Waals surface area contributed by atoms with Gasteiger partial charge in [-0.05, 0) is 17.7 Å². The highest BCUT2D eigenvalue weighted by molar-refractivity contribution is 5.74. The summed E-state index contributed by atoms with van der Waals surface area (Å²) < 4.78 is 22.6. The van der Waals surface area contributed by atoms with Crippen molar-refractivity contribution >= 4 is 17.1 Å². The number of aryl methyl sites for hydroxylation is 1. The van der Waals surface area contributed by atoms with E-state index in [9.17, 15) is 14.0 Å². The lowest BCUT2D eigenvalue weighted by atomic mass is 10.2. The number of nitrogens with one attached hydrogen (secondary N) is 1. The summed E-state index contributed by atoms with van der Waals surface area (Å²) in [6.45, 7) is 1.15. The number of aromatic nitrogens is 4. The van der Waals surface area contributed by atoms with Crippen molar-refractivity contribution in [3.8, 4) is 0 Å². The van der Waals surface area contributed by atoms with Gasteiger partial charge in [-0.3, -0.25) is 18.5 Å². The summed E-state index contributed by atoms with van der Waals surface area (Å²) in [5, 5.41) is 3.10. The van der Waals surface area contributed by atoms with E-state index in [1.165, 1.54) is 23.7 Å². The van der Waals surface area contributed by atoms with Crippen LogP contribution >= 0.6 is 0 Å². The molecule has 3 aromatic rings. The second-order valence-corrected chi connectivity index (χ2v) is 5.95. The van der Waals surface area contributed by atoms with Crippen molar-refractivity contribution in [3.05, 3.63) is 56.5 Å². The van der Waals surface area contributed by atoms with Gasteiger partial charge < -0.3 is 10.1 Å². The summed E-state index contributed by atoms with van der Waals surface area (Å²) in [6.07, 6.45) is 0. The Hall–Kier alpha value is -2.94. The lowest BCUT2D eigenvalue weighted by Crippen LogP contribution is -2.37. The molecule has 1 aromatic carbocycles. The molecule has 2 aromatic heterocycles. The number of hydrogen-bond acceptors (Lipinski definition) is 5. The standard InChI is InChI=1S/C17H20FN5O3/c1-21-14-13(15(24)22(2)17(21)25)23(16(20-14)19-7-8-26-3)10-11-5-4-6-12(18)9-11/h4-6,9H,7-8,10H2,1-3H3,(H,19,20). The van der Waals surface area contributed by atoms with Gasteiger partial charge in [-0.1, -0.05) is 12.1 Å². The molecule has 0 aliphatic carbocycles. The first-order chi connectivity index (χ1) is 12.4. The van der Waals surface area contributed by atoms with Crippen molar-refractivity contribution in [2.24, 2.45) is 14.1 Å². The third-order valence-electron chi connectivity index (χ3n) is 4.17. The maximum Gasteiger partial charge on any atom is 0.332 e. The monoisotopic (exact) mass is 361 g/mol. The summed E-state index contributed by atoms with van der Waals surface area (Å²) in [5.41, 5.74) is 0.316. The molecule has 0 bridgehead atoms. The van der Waals surface area contributed by atoms with Crippen molar-refractivity contribution in [1.29, 1.82) is 0 Å². The van der Waals surface area contributed by atoms with Crippen LogP contribution in [0.2, 0.25) is 0 Å². The number of halogens is 1. The quantitative estimate of drug-likeness (QED) is 0.653. The zero-order valence-electron chi connectivity index (χ0n) is 14.8. The molecule has 0 amide bonds. The van der Waals surface area contributed by atoms with E-state index in [0.717, 1.165) is 4.57 Å². The molecule has 26 heavy (non-hydrogen) atoms. The first-order valence-corrected chi connectivity index (χ1v) is 8.07. The molecule has 0 saturated heterocycles. The van der Waals surface area contributed by atoms with Crippen LogP contribution in [0.3, 0.4) is 0 Å². The molecule has 0 aliphatic heterocycles. The summed E-state index contributed by atoms with van der Waals surface area (Å²) in [6, 6.07) is 6.13. The summed E-state index contributed by atoms with van der Waals surface area (Å²) in [5.74, 6) is 0.0562. The molecule has 8 nitrogen and oxygen atoms in total. The fourth-order valence-electron chi connectivity index (χ4n) is 2.82. The highest BCUT2D eigenvalue weighted by Crippen LogP contribution is 2.18. The van der Waals surface area contributed by atoms with Gasteiger partial charge in [-0.15, -0.1) is 0 Å². The fourth-order valence-corrected chi connectivity index (χ4v) is 2.82. The summed E-state index contributed by atoms with van der Waals surface area (Å²) in [4.78, 5) is 29.3. The minimum Gasteiger partial charge on any atom is -0.383 e. The Morgan fingerprint density at radius 2 is 2.00 bits per heavy atom. The number of rotatable bonds is 6. The average molecular weight is 361 g/mol. The minimum absolute atomic E-state index is 0.233. The second-order valence-electron chi connectivity index (χ2n) is 5.95. The number of fused-ring (bicyclic) bond motifs is 1. The maximum atomic E-state index is 13.6. The molecule has 0 saturated carbocycles. The number of benzene rings is 1. The zero-order chi connectivity index (χ0) is 18.8. The Morgan fingerprint density at radius 3 is 2.69 bits per heavy atom. The van der Waals surface area contributed by atoms with Crippen LogP contribution in [0.15, 0.2) is 33.9 Å². The molecule has 0 radical (unpaired) electrons. The number of anilines is 1. The molecule has 0 spiro atoms. The van der Waals surface area contributed by atoms with Crippen LogP contribution in [0.25, 0.3) is 11.2 Å². The highest BCUT2D eigenvalue weighted by Gasteiger charge is 2.19. The van der Waals surface area contributed by atoms with Crippen molar-refractivity contribution in [2.75, 3.05) is 25.6 Å². The molecule has 0 unspecified atom stereocenters. The van der Waals surface area contributed by atoms with Gasteiger partial charge in [0.25, 0.3) is 5.56 Å². The Labute approximate surface area is 148 Å². The van der Waals surface area contributed by atoms with E-state index >= 15 is 0 Å². The first kappa shape index (κ1) is 17.9. The SMILES string of the molecule is COCCNc1nc2c(c(=O)n(C)c(=O)n2C)n1Cc1cccc(F)c1. The van der Waals surface area contributed by atoms with Gasteiger partial charge in [0.1, 0.15) is 5.82 Å². The van der Waals surface area contributed by atoms with Crippen molar-refractivity contribution in [2.45, 2.75) is 6.54 Å². The Bertz CT molecular complexity index is 1070. The van der Waals surface area contributed by atoms with Crippen LogP contribution in [0.4, 0.5) is 10.3 Å². The predicted molar refractivity (Wildman–Crippen MR) is 96.1 cm³/mol. The predicted octanol–water partition coefficient (Wildman–Crippen LogP) is 0.679. The van der Waals surface area contributed by atoms with Gasteiger partial charge >= 0.3 is 5.69 Å². The molecule has 1 N–H and O–H groups in total. The van der Waals surface area contributed by atoms with Crippen molar-refractivity contribution < 1.29 is 9.13 Å². The van der Waals surface area contributed by atoms with Crippen LogP contribution in [0, 0.1) is 5.82 Å².